The van der Waals surface area contributed by atoms with Gasteiger partial charge in [-0.2, -0.15) is 4.39 Å². The summed E-state index contributed by atoms with van der Waals surface area (Å²) in [5.74, 6) is -4.51. The summed E-state index contributed by atoms with van der Waals surface area (Å²) in [7, 11) is 0. The van der Waals surface area contributed by atoms with Gasteiger partial charge in [0.05, 0.1) is 24.6 Å². The highest BCUT2D eigenvalue weighted by molar-refractivity contribution is 5.53. The minimum absolute atomic E-state index is 0.168. The van der Waals surface area contributed by atoms with E-state index in [1.54, 1.807) is 0 Å². The van der Waals surface area contributed by atoms with Gasteiger partial charge in [0.2, 0.25) is 5.95 Å². The molecule has 3 rings (SSSR count). The maximum absolute atomic E-state index is 15.3. The molecule has 218 valence electrons. The van der Waals surface area contributed by atoms with Crippen molar-refractivity contribution >= 4 is 0 Å². The third-order valence-corrected chi connectivity index (χ3v) is 7.52. The van der Waals surface area contributed by atoms with E-state index in [9.17, 15) is 0 Å². The van der Waals surface area contributed by atoms with E-state index in [1.807, 2.05) is 0 Å². The molecule has 1 atom stereocenters. The maximum Gasteiger partial charge on any atom is 0.280 e. The topological polar surface area (TPSA) is 57.1 Å². The van der Waals surface area contributed by atoms with Crippen LogP contribution in [-0.2, 0) is 17.1 Å². The Morgan fingerprint density at radius 1 is 0.846 bits per heavy atom. The largest absolute Gasteiger partial charge is 0.490 e. The van der Waals surface area contributed by atoms with E-state index < -0.39 is 23.4 Å². The van der Waals surface area contributed by atoms with Crippen LogP contribution in [0, 0.1) is 11.9 Å². The minimum Gasteiger partial charge on any atom is -0.490 e. The van der Waals surface area contributed by atoms with Gasteiger partial charge in [-0.25, -0.2) is 23.7 Å². The molecular formula is C31H46F3N3O2. The summed E-state index contributed by atoms with van der Waals surface area (Å²) < 4.78 is 57.0. The van der Waals surface area contributed by atoms with E-state index in [-0.39, 0.29) is 11.5 Å². The van der Waals surface area contributed by atoms with Crippen molar-refractivity contribution in [3.63, 3.8) is 0 Å². The molecule has 0 spiro atoms. The molecule has 39 heavy (non-hydrogen) atoms. The van der Waals surface area contributed by atoms with Gasteiger partial charge in [-0.3, -0.25) is 0 Å². The van der Waals surface area contributed by atoms with Gasteiger partial charge in [0, 0.05) is 19.1 Å². The Morgan fingerprint density at radius 3 is 2.21 bits per heavy atom. The highest BCUT2D eigenvalue weighted by Crippen LogP contribution is 2.47. The molecule has 0 aromatic carbocycles. The number of unbranched alkanes of at least 4 members (excludes halogenated alkanes) is 9. The van der Waals surface area contributed by atoms with Crippen LogP contribution in [-0.4, -0.2) is 34.8 Å². The molecule has 5 nitrogen and oxygen atoms in total. The lowest BCUT2D eigenvalue weighted by Gasteiger charge is -2.33. The summed E-state index contributed by atoms with van der Waals surface area (Å²) in [6.07, 6.45) is 16.9. The van der Waals surface area contributed by atoms with E-state index >= 15 is 13.2 Å². The van der Waals surface area contributed by atoms with Crippen molar-refractivity contribution in [2.45, 2.75) is 116 Å². The molecule has 0 fully saturated rings. The standard InChI is InChI=1S/C31H46F3N3O2/c1-3-5-7-8-9-14-20-39-26-22-35-30(36-23-26)27-21-24-16-17-25(31(33,34)28(24)29(32)37-27)15-11-10-13-19-38-18-12-6-4-2/h21-23,25H,3-20H2,1-2H3. The third-order valence-electron chi connectivity index (χ3n) is 7.52. The fourth-order valence-electron chi connectivity index (χ4n) is 5.19. The van der Waals surface area contributed by atoms with Crippen LogP contribution in [0.5, 0.6) is 5.75 Å². The van der Waals surface area contributed by atoms with Crippen LogP contribution < -0.4 is 4.74 Å². The lowest BCUT2D eigenvalue weighted by molar-refractivity contribution is -0.0825. The smallest absolute Gasteiger partial charge is 0.280 e. The summed E-state index contributed by atoms with van der Waals surface area (Å²) in [5.41, 5.74) is -0.0891. The molecule has 8 heteroatoms. The molecule has 2 aromatic heterocycles. The average molecular weight is 550 g/mol. The van der Waals surface area contributed by atoms with Crippen LogP contribution in [0.1, 0.15) is 115 Å². The highest BCUT2D eigenvalue weighted by atomic mass is 19.3. The zero-order valence-corrected chi connectivity index (χ0v) is 23.8. The number of aromatic nitrogens is 3. The molecule has 0 amide bonds. The molecule has 2 heterocycles. The van der Waals surface area contributed by atoms with Gasteiger partial charge in [-0.05, 0) is 50.2 Å². The van der Waals surface area contributed by atoms with E-state index in [2.05, 4.69) is 28.8 Å². The number of fused-ring (bicyclic) bond motifs is 1. The number of ether oxygens (including phenoxy) is 2. The summed E-state index contributed by atoms with van der Waals surface area (Å²) in [5, 5.41) is 0. The van der Waals surface area contributed by atoms with Gasteiger partial charge in [0.1, 0.15) is 5.69 Å². The number of pyridine rings is 1. The van der Waals surface area contributed by atoms with Gasteiger partial charge < -0.3 is 9.47 Å². The molecular weight excluding hydrogens is 503 g/mol. The molecule has 0 radical (unpaired) electrons. The first kappa shape index (κ1) is 31.3. The van der Waals surface area contributed by atoms with Crippen molar-refractivity contribution in [2.24, 2.45) is 5.92 Å². The average Bonchev–Trinajstić information content (AvgIpc) is 2.92. The first-order valence-corrected chi connectivity index (χ1v) is 15.1. The maximum atomic E-state index is 15.3. The zero-order chi connectivity index (χ0) is 27.9. The van der Waals surface area contributed by atoms with Crippen LogP contribution in [0.25, 0.3) is 11.5 Å². The lowest BCUT2D eigenvalue weighted by Crippen LogP contribution is -2.33. The van der Waals surface area contributed by atoms with Crippen molar-refractivity contribution in [2.75, 3.05) is 19.8 Å². The zero-order valence-electron chi connectivity index (χ0n) is 23.8. The number of hydrogen-bond acceptors (Lipinski definition) is 5. The highest BCUT2D eigenvalue weighted by Gasteiger charge is 2.47. The molecule has 2 aromatic rings. The van der Waals surface area contributed by atoms with E-state index in [1.165, 1.54) is 50.6 Å². The summed E-state index contributed by atoms with van der Waals surface area (Å²) in [4.78, 5) is 12.4. The molecule has 1 aliphatic carbocycles. The van der Waals surface area contributed by atoms with Crippen LogP contribution in [0.4, 0.5) is 13.2 Å². The van der Waals surface area contributed by atoms with Crippen LogP contribution >= 0.6 is 0 Å². The lowest BCUT2D eigenvalue weighted by atomic mass is 9.78. The van der Waals surface area contributed by atoms with Crippen LogP contribution in [0.2, 0.25) is 0 Å². The fraction of sp³-hybridized carbons (Fsp3) is 0.710. The van der Waals surface area contributed by atoms with Gasteiger partial charge in [0.25, 0.3) is 5.92 Å². The van der Waals surface area contributed by atoms with Gasteiger partial charge >= 0.3 is 0 Å². The Morgan fingerprint density at radius 2 is 1.46 bits per heavy atom. The SMILES string of the molecule is CCCCCCCCOc1cnc(-c2cc3c(c(F)n2)C(F)(F)C(CCCCCOCCCCC)CC3)nc1. The second kappa shape index (κ2) is 16.8. The second-order valence-electron chi connectivity index (χ2n) is 10.7. The van der Waals surface area contributed by atoms with Gasteiger partial charge in [0.15, 0.2) is 11.6 Å². The van der Waals surface area contributed by atoms with Gasteiger partial charge in [-0.15, -0.1) is 0 Å². The van der Waals surface area contributed by atoms with E-state index in [0.29, 0.717) is 50.2 Å². The summed E-state index contributed by atoms with van der Waals surface area (Å²) >= 11 is 0. The first-order valence-electron chi connectivity index (χ1n) is 15.1. The van der Waals surface area contributed by atoms with Crippen molar-refractivity contribution < 1.29 is 22.6 Å². The van der Waals surface area contributed by atoms with Crippen molar-refractivity contribution in [1.29, 1.82) is 0 Å². The van der Waals surface area contributed by atoms with Crippen molar-refractivity contribution in [1.82, 2.24) is 15.0 Å². The van der Waals surface area contributed by atoms with Crippen molar-refractivity contribution in [3.8, 4) is 17.3 Å². The number of nitrogens with zero attached hydrogens (tertiary/aromatic N) is 3. The molecule has 0 saturated heterocycles. The molecule has 1 aliphatic rings. The quantitative estimate of drug-likeness (QED) is 0.129. The molecule has 0 bridgehead atoms. The van der Waals surface area contributed by atoms with Crippen LogP contribution in [0.3, 0.4) is 0 Å². The van der Waals surface area contributed by atoms with Crippen molar-refractivity contribution in [3.05, 3.63) is 35.5 Å². The minimum atomic E-state index is -3.24. The molecule has 0 saturated carbocycles. The summed E-state index contributed by atoms with van der Waals surface area (Å²) in [6.45, 7) is 6.37. The first-order chi connectivity index (χ1) is 19.0. The Balaban J connectivity index is 1.49. The van der Waals surface area contributed by atoms with Crippen LogP contribution in [0.15, 0.2) is 18.5 Å². The number of halogens is 3. The Bertz CT molecular complexity index is 972. The van der Waals surface area contributed by atoms with Gasteiger partial charge in [-0.1, -0.05) is 71.6 Å². The van der Waals surface area contributed by atoms with E-state index in [4.69, 9.17) is 9.47 Å². The molecule has 0 N–H and O–H groups in total. The number of rotatable bonds is 19. The Kier molecular flexibility index (Phi) is 13.5. The Labute approximate surface area is 232 Å². The monoisotopic (exact) mass is 549 g/mol. The summed E-state index contributed by atoms with van der Waals surface area (Å²) in [6, 6.07) is 1.52. The number of alkyl halides is 2. The molecule has 0 aliphatic heterocycles. The Hall–Kier alpha value is -2.22. The number of hydrogen-bond donors (Lipinski definition) is 0. The number of aryl methyl sites for hydroxylation is 1. The normalized spacial score (nSPS) is 16.3. The predicted molar refractivity (Wildman–Crippen MR) is 149 cm³/mol. The predicted octanol–water partition coefficient (Wildman–Crippen LogP) is 8.84. The van der Waals surface area contributed by atoms with E-state index in [0.717, 1.165) is 45.1 Å². The second-order valence-corrected chi connectivity index (χ2v) is 10.7. The third kappa shape index (κ3) is 9.73. The molecule has 1 unspecified atom stereocenters. The fourth-order valence-corrected chi connectivity index (χ4v) is 5.19.